The average Bonchev–Trinajstić information content (AvgIpc) is 2.58. The van der Waals surface area contributed by atoms with E-state index in [9.17, 15) is 0 Å². The first-order valence-corrected chi connectivity index (χ1v) is 9.58. The molecule has 0 unspecified atom stereocenters. The quantitative estimate of drug-likeness (QED) is 0.183. The van der Waals surface area contributed by atoms with E-state index in [1.807, 2.05) is 0 Å². The lowest BCUT2D eigenvalue weighted by Gasteiger charge is -2.17. The summed E-state index contributed by atoms with van der Waals surface area (Å²) in [6.07, 6.45) is 13.1. The Morgan fingerprint density at radius 1 is 0.625 bits per heavy atom. The van der Waals surface area contributed by atoms with E-state index in [2.05, 4.69) is 11.8 Å². The zero-order valence-electron chi connectivity index (χ0n) is 15.7. The fourth-order valence-corrected chi connectivity index (χ4v) is 2.41. The second kappa shape index (κ2) is 25.0. The highest BCUT2D eigenvalue weighted by molar-refractivity contribution is 4.54. The predicted molar refractivity (Wildman–Crippen MR) is 98.1 cm³/mol. The molecule has 0 amide bonds. The average molecular weight is 352 g/mol. The van der Waals surface area contributed by atoms with E-state index >= 15 is 0 Å². The first kappa shape index (κ1) is 26.0. The van der Waals surface area contributed by atoms with E-state index in [-0.39, 0.29) is 19.8 Å². The minimum absolute atomic E-state index is 0.0694. The number of unbranched alkanes of at least 4 members (excludes halogenated alkanes) is 9. The van der Waals surface area contributed by atoms with Crippen LogP contribution in [0.5, 0.6) is 0 Å². The Balaban J connectivity index is 0. The molecule has 0 aliphatic heterocycles. The van der Waals surface area contributed by atoms with Crippen LogP contribution in [0.15, 0.2) is 0 Å². The van der Waals surface area contributed by atoms with Crippen molar-refractivity contribution < 1.29 is 25.5 Å². The maximum absolute atomic E-state index is 8.48. The molecule has 0 heterocycles. The number of nitrogens with zero attached hydrogens (tertiary/aromatic N) is 1. The van der Waals surface area contributed by atoms with Gasteiger partial charge in [0.2, 0.25) is 0 Å². The summed E-state index contributed by atoms with van der Waals surface area (Å²) < 4.78 is 0. The Hall–Kier alpha value is -0.240. The van der Waals surface area contributed by atoms with E-state index in [1.165, 1.54) is 57.8 Å². The molecule has 0 aliphatic rings. The van der Waals surface area contributed by atoms with Gasteiger partial charge >= 0.3 is 0 Å². The summed E-state index contributed by atoms with van der Waals surface area (Å²) in [5.74, 6) is 0. The molecule has 24 heavy (non-hydrogen) atoms. The molecule has 0 spiro atoms. The van der Waals surface area contributed by atoms with E-state index in [0.29, 0.717) is 26.2 Å². The van der Waals surface area contributed by atoms with Crippen molar-refractivity contribution in [3.63, 3.8) is 0 Å². The third-order valence-corrected chi connectivity index (χ3v) is 3.84. The highest BCUT2D eigenvalue weighted by Gasteiger charge is 2.00. The summed E-state index contributed by atoms with van der Waals surface area (Å²) in [4.78, 5) is 5.81. The molecule has 0 atom stereocenters. The van der Waals surface area contributed by atoms with Crippen LogP contribution < -0.4 is 0 Å². The number of aliphatic hydroxyl groups excluding tert-OH is 3. The van der Waals surface area contributed by atoms with Crippen LogP contribution in [-0.4, -0.2) is 71.5 Å². The Labute approximate surface area is 148 Å². The zero-order valence-corrected chi connectivity index (χ0v) is 15.7. The van der Waals surface area contributed by atoms with Gasteiger partial charge in [0.1, 0.15) is 0 Å². The third kappa shape index (κ3) is 24.0. The fraction of sp³-hybridized carbons (Fsp3) is 1.00. The molecule has 6 nitrogen and oxygen atoms in total. The topological polar surface area (TPSA) is 93.4 Å². The largest absolute Gasteiger partial charge is 0.395 e. The molecule has 0 bridgehead atoms. The van der Waals surface area contributed by atoms with Gasteiger partial charge in [0, 0.05) is 19.6 Å². The SMILES string of the molecule is CCCCCCCCCCCCOO.OCCN(CCO)CCO. The summed E-state index contributed by atoms with van der Waals surface area (Å²) in [6, 6.07) is 0. The summed E-state index contributed by atoms with van der Waals surface area (Å²) in [5, 5.41) is 33.5. The van der Waals surface area contributed by atoms with Gasteiger partial charge in [-0.2, -0.15) is 0 Å². The van der Waals surface area contributed by atoms with E-state index in [0.717, 1.165) is 6.42 Å². The lowest BCUT2D eigenvalue weighted by atomic mass is 10.1. The van der Waals surface area contributed by atoms with Crippen LogP contribution >= 0.6 is 0 Å². The van der Waals surface area contributed by atoms with Crippen molar-refractivity contribution in [2.24, 2.45) is 0 Å². The standard InChI is InChI=1S/C12H26O2.C6H15NO3/c1-2-3-4-5-6-7-8-9-10-11-12-14-13;8-4-1-7(2-5-9)3-6-10/h13H,2-12H2,1H3;8-10H,1-6H2. The van der Waals surface area contributed by atoms with E-state index in [4.69, 9.17) is 20.6 Å². The second-order valence-corrected chi connectivity index (χ2v) is 6.03. The maximum Gasteiger partial charge on any atom is 0.0819 e. The van der Waals surface area contributed by atoms with Crippen molar-refractivity contribution in [2.45, 2.75) is 71.1 Å². The van der Waals surface area contributed by atoms with Crippen LogP contribution in [0.25, 0.3) is 0 Å². The van der Waals surface area contributed by atoms with Gasteiger partial charge in [0.15, 0.2) is 0 Å². The predicted octanol–water partition coefficient (Wildman–Crippen LogP) is 2.66. The monoisotopic (exact) mass is 351 g/mol. The molecule has 0 saturated carbocycles. The Bertz CT molecular complexity index is 182. The highest BCUT2D eigenvalue weighted by atomic mass is 17.1. The summed E-state index contributed by atoms with van der Waals surface area (Å²) in [6.45, 7) is 4.50. The third-order valence-electron chi connectivity index (χ3n) is 3.84. The molecule has 0 rings (SSSR count). The molecule has 0 saturated heterocycles. The highest BCUT2D eigenvalue weighted by Crippen LogP contribution is 2.10. The minimum Gasteiger partial charge on any atom is -0.395 e. The molecule has 0 aromatic heterocycles. The fourth-order valence-electron chi connectivity index (χ4n) is 2.41. The molecule has 0 fully saturated rings. The van der Waals surface area contributed by atoms with Gasteiger partial charge in [-0.3, -0.25) is 10.2 Å². The van der Waals surface area contributed by atoms with Crippen LogP contribution in [0.4, 0.5) is 0 Å². The van der Waals surface area contributed by atoms with Gasteiger partial charge in [0.05, 0.1) is 26.4 Å². The Kier molecular flexibility index (Phi) is 27.1. The van der Waals surface area contributed by atoms with Gasteiger partial charge in [-0.1, -0.05) is 64.7 Å². The summed E-state index contributed by atoms with van der Waals surface area (Å²) in [7, 11) is 0. The van der Waals surface area contributed by atoms with Gasteiger partial charge < -0.3 is 15.3 Å². The van der Waals surface area contributed by atoms with Crippen molar-refractivity contribution in [2.75, 3.05) is 46.1 Å². The van der Waals surface area contributed by atoms with Crippen molar-refractivity contribution in [3.05, 3.63) is 0 Å². The Morgan fingerprint density at radius 2 is 1.00 bits per heavy atom. The smallest absolute Gasteiger partial charge is 0.0819 e. The minimum atomic E-state index is 0.0694. The first-order valence-electron chi connectivity index (χ1n) is 9.58. The first-order chi connectivity index (χ1) is 11.8. The molecular weight excluding hydrogens is 310 g/mol. The number of hydrogen-bond donors (Lipinski definition) is 4. The van der Waals surface area contributed by atoms with Crippen LogP contribution in [-0.2, 0) is 4.89 Å². The number of aliphatic hydroxyl groups is 3. The second-order valence-electron chi connectivity index (χ2n) is 6.03. The summed E-state index contributed by atoms with van der Waals surface area (Å²) in [5.41, 5.74) is 0. The lowest BCUT2D eigenvalue weighted by Crippen LogP contribution is -2.32. The molecule has 0 aromatic rings. The van der Waals surface area contributed by atoms with Gasteiger partial charge in [-0.15, -0.1) is 0 Å². The molecule has 0 radical (unpaired) electrons. The van der Waals surface area contributed by atoms with Crippen molar-refractivity contribution in [1.82, 2.24) is 4.90 Å². The molecule has 0 aromatic carbocycles. The van der Waals surface area contributed by atoms with Crippen molar-refractivity contribution in [3.8, 4) is 0 Å². The maximum atomic E-state index is 8.48. The van der Waals surface area contributed by atoms with Crippen LogP contribution in [0, 0.1) is 0 Å². The van der Waals surface area contributed by atoms with Crippen molar-refractivity contribution >= 4 is 0 Å². The van der Waals surface area contributed by atoms with Crippen LogP contribution in [0.2, 0.25) is 0 Å². The number of rotatable bonds is 17. The summed E-state index contributed by atoms with van der Waals surface area (Å²) >= 11 is 0. The lowest BCUT2D eigenvalue weighted by molar-refractivity contribution is -0.242. The van der Waals surface area contributed by atoms with Crippen LogP contribution in [0.1, 0.15) is 71.1 Å². The van der Waals surface area contributed by atoms with E-state index < -0.39 is 0 Å². The van der Waals surface area contributed by atoms with Crippen molar-refractivity contribution in [1.29, 1.82) is 0 Å². The van der Waals surface area contributed by atoms with Gasteiger partial charge in [-0.25, -0.2) is 4.89 Å². The number of hydrogen-bond acceptors (Lipinski definition) is 6. The molecule has 0 aliphatic carbocycles. The molecule has 4 N–H and O–H groups in total. The van der Waals surface area contributed by atoms with Gasteiger partial charge in [-0.05, 0) is 6.42 Å². The molecule has 6 heteroatoms. The van der Waals surface area contributed by atoms with Gasteiger partial charge in [0.25, 0.3) is 0 Å². The zero-order chi connectivity index (χ0) is 18.3. The van der Waals surface area contributed by atoms with Crippen LogP contribution in [0.3, 0.4) is 0 Å². The van der Waals surface area contributed by atoms with E-state index in [1.54, 1.807) is 4.90 Å². The normalized spacial score (nSPS) is 10.8. The Morgan fingerprint density at radius 3 is 1.33 bits per heavy atom. The molecule has 148 valence electrons. The molecular formula is C18H41NO5.